The first-order chi connectivity index (χ1) is 12.5. The highest BCUT2D eigenvalue weighted by molar-refractivity contribution is 5.74. The summed E-state index contributed by atoms with van der Waals surface area (Å²) in [6, 6.07) is 18.5. The molecule has 0 radical (unpaired) electrons. The molecule has 3 aromatic rings. The van der Waals surface area contributed by atoms with Crippen molar-refractivity contribution in [1.29, 1.82) is 0 Å². The van der Waals surface area contributed by atoms with Crippen LogP contribution in [-0.4, -0.2) is 17.7 Å². The van der Waals surface area contributed by atoms with Crippen LogP contribution in [0.3, 0.4) is 0 Å². The maximum Gasteiger partial charge on any atom is 0.253 e. The number of benzene rings is 2. The van der Waals surface area contributed by atoms with Crippen molar-refractivity contribution in [3.8, 4) is 0 Å². The lowest BCUT2D eigenvalue weighted by Gasteiger charge is -2.41. The number of nitrogens with zero attached hydrogens (tertiary/aromatic N) is 1. The van der Waals surface area contributed by atoms with E-state index in [0.717, 1.165) is 17.5 Å². The summed E-state index contributed by atoms with van der Waals surface area (Å²) in [7, 11) is 0. The summed E-state index contributed by atoms with van der Waals surface area (Å²) < 4.78 is 0. The van der Waals surface area contributed by atoms with Crippen LogP contribution < -0.4 is 21.5 Å². The largest absolute Gasteiger partial charge is 0.394 e. The van der Waals surface area contributed by atoms with E-state index in [1.54, 1.807) is 0 Å². The van der Waals surface area contributed by atoms with E-state index in [9.17, 15) is 14.7 Å². The summed E-state index contributed by atoms with van der Waals surface area (Å²) in [5.74, 6) is 0. The van der Waals surface area contributed by atoms with Crippen molar-refractivity contribution in [1.82, 2.24) is 0 Å². The molecule has 0 spiro atoms. The molecular weight excluding hydrogens is 328 g/mol. The zero-order valence-electron chi connectivity index (χ0n) is 14.3. The molecule has 26 heavy (non-hydrogen) atoms. The molecule has 1 heterocycles. The van der Waals surface area contributed by atoms with Gasteiger partial charge in [-0.05, 0) is 24.0 Å². The molecule has 5 heteroatoms. The van der Waals surface area contributed by atoms with Crippen molar-refractivity contribution < 1.29 is 5.11 Å². The Labute approximate surface area is 151 Å². The lowest BCUT2D eigenvalue weighted by molar-refractivity contribution is 0.0529. The molecule has 0 amide bonds. The Morgan fingerprint density at radius 3 is 1.96 bits per heavy atom. The van der Waals surface area contributed by atoms with Gasteiger partial charge < -0.3 is 15.7 Å². The number of nitrogens with two attached hydrogens (primary N) is 1. The van der Waals surface area contributed by atoms with Crippen LogP contribution in [0.25, 0.3) is 0 Å². The van der Waals surface area contributed by atoms with E-state index in [1.165, 1.54) is 0 Å². The molecule has 0 aromatic heterocycles. The van der Waals surface area contributed by atoms with Gasteiger partial charge in [0.1, 0.15) is 17.0 Å². The van der Waals surface area contributed by atoms with Crippen molar-refractivity contribution in [2.75, 3.05) is 17.2 Å². The average Bonchev–Trinajstić information content (AvgIpc) is 3.18. The smallest absolute Gasteiger partial charge is 0.253 e. The van der Waals surface area contributed by atoms with E-state index in [0.29, 0.717) is 13.0 Å². The molecule has 1 aliphatic rings. The highest BCUT2D eigenvalue weighted by Crippen LogP contribution is 2.42. The van der Waals surface area contributed by atoms with Crippen molar-refractivity contribution in [3.05, 3.63) is 92.2 Å². The van der Waals surface area contributed by atoms with Crippen molar-refractivity contribution in [3.63, 3.8) is 0 Å². The second-order valence-corrected chi connectivity index (χ2v) is 6.77. The Balaban J connectivity index is 1.87. The third-order valence-corrected chi connectivity index (χ3v) is 5.37. The van der Waals surface area contributed by atoms with Crippen LogP contribution in [0.4, 0.5) is 11.4 Å². The van der Waals surface area contributed by atoms with Gasteiger partial charge in [0.2, 0.25) is 0 Å². The lowest BCUT2D eigenvalue weighted by Crippen LogP contribution is -2.52. The molecule has 0 aliphatic carbocycles. The zero-order valence-corrected chi connectivity index (χ0v) is 14.3. The predicted octanol–water partition coefficient (Wildman–Crippen LogP) is 1.77. The predicted molar refractivity (Wildman–Crippen MR) is 102 cm³/mol. The van der Waals surface area contributed by atoms with E-state index in [-0.39, 0.29) is 17.4 Å². The van der Waals surface area contributed by atoms with E-state index in [4.69, 9.17) is 5.73 Å². The van der Waals surface area contributed by atoms with Gasteiger partial charge in [0.15, 0.2) is 0 Å². The van der Waals surface area contributed by atoms with Crippen molar-refractivity contribution in [2.24, 2.45) is 0 Å². The van der Waals surface area contributed by atoms with Gasteiger partial charge >= 0.3 is 0 Å². The third-order valence-electron chi connectivity index (χ3n) is 5.37. The number of aliphatic hydroxyl groups is 1. The minimum absolute atomic E-state index is 0.00498. The maximum atomic E-state index is 12.1. The van der Waals surface area contributed by atoms with Gasteiger partial charge in [0, 0.05) is 6.54 Å². The Bertz CT molecular complexity index is 952. The van der Waals surface area contributed by atoms with Crippen LogP contribution in [0.2, 0.25) is 0 Å². The molecule has 3 N–H and O–H groups in total. The fourth-order valence-corrected chi connectivity index (χ4v) is 4.09. The Kier molecular flexibility index (Phi) is 3.89. The Morgan fingerprint density at radius 2 is 1.46 bits per heavy atom. The summed E-state index contributed by atoms with van der Waals surface area (Å²) in [6.45, 7) is 0.585. The summed E-state index contributed by atoms with van der Waals surface area (Å²) in [5, 5.41) is 11.9. The monoisotopic (exact) mass is 348 g/mol. The van der Waals surface area contributed by atoms with E-state index < -0.39 is 16.5 Å². The molecule has 1 saturated heterocycles. The molecule has 1 atom stereocenters. The first kappa shape index (κ1) is 16.5. The molecule has 132 valence electrons. The van der Waals surface area contributed by atoms with Crippen LogP contribution in [0.5, 0.6) is 0 Å². The van der Waals surface area contributed by atoms with Crippen LogP contribution in [0.1, 0.15) is 24.0 Å². The maximum absolute atomic E-state index is 12.1. The molecule has 0 saturated carbocycles. The summed E-state index contributed by atoms with van der Waals surface area (Å²) in [4.78, 5) is 25.5. The van der Waals surface area contributed by atoms with Gasteiger partial charge in [-0.1, -0.05) is 60.7 Å². The number of anilines is 2. The number of rotatable bonds is 4. The van der Waals surface area contributed by atoms with E-state index in [1.807, 2.05) is 65.6 Å². The second kappa shape index (κ2) is 6.11. The van der Waals surface area contributed by atoms with Crippen molar-refractivity contribution >= 4 is 11.4 Å². The van der Waals surface area contributed by atoms with Crippen molar-refractivity contribution in [2.45, 2.75) is 24.5 Å². The molecule has 1 aliphatic heterocycles. The van der Waals surface area contributed by atoms with E-state index >= 15 is 0 Å². The van der Waals surface area contributed by atoms with Crippen LogP contribution >= 0.6 is 0 Å². The highest BCUT2D eigenvalue weighted by Gasteiger charge is 2.47. The quantitative estimate of drug-likeness (QED) is 0.702. The van der Waals surface area contributed by atoms with Gasteiger partial charge in [-0.3, -0.25) is 9.59 Å². The number of nitrogen functional groups attached to an aromatic ring is 1. The molecule has 0 unspecified atom stereocenters. The SMILES string of the molecule is Nc1c(N2CCC[C@H]2C(O)(c2ccccc2)c2ccccc2)c(=O)c1=O. The Hall–Kier alpha value is -2.92. The molecule has 4 rings (SSSR count). The Morgan fingerprint density at radius 1 is 0.923 bits per heavy atom. The zero-order chi connectivity index (χ0) is 18.3. The summed E-state index contributed by atoms with van der Waals surface area (Å²) in [6.07, 6.45) is 1.50. The van der Waals surface area contributed by atoms with Crippen LogP contribution in [0, 0.1) is 0 Å². The second-order valence-electron chi connectivity index (χ2n) is 6.77. The fraction of sp³-hybridized carbons (Fsp3) is 0.238. The molecular formula is C21H20N2O3. The van der Waals surface area contributed by atoms with Gasteiger partial charge in [-0.25, -0.2) is 0 Å². The van der Waals surface area contributed by atoms with Gasteiger partial charge in [-0.15, -0.1) is 0 Å². The molecule has 1 fully saturated rings. The summed E-state index contributed by atoms with van der Waals surface area (Å²) in [5.41, 5.74) is 5.06. The van der Waals surface area contributed by atoms with Gasteiger partial charge in [-0.2, -0.15) is 0 Å². The number of hydrogen-bond acceptors (Lipinski definition) is 5. The fourth-order valence-electron chi connectivity index (χ4n) is 4.09. The summed E-state index contributed by atoms with van der Waals surface area (Å²) >= 11 is 0. The minimum Gasteiger partial charge on any atom is -0.394 e. The highest BCUT2D eigenvalue weighted by atomic mass is 16.3. The van der Waals surface area contributed by atoms with Gasteiger partial charge in [0.05, 0.1) is 6.04 Å². The number of hydrogen-bond donors (Lipinski definition) is 2. The average molecular weight is 348 g/mol. The van der Waals surface area contributed by atoms with Crippen LogP contribution in [0.15, 0.2) is 70.3 Å². The molecule has 3 aromatic carbocycles. The normalized spacial score (nSPS) is 17.7. The topological polar surface area (TPSA) is 83.6 Å². The standard InChI is InChI=1S/C21H20N2O3/c22-17-18(20(25)19(17)24)23-13-7-12-16(23)21(26,14-8-3-1-4-9-14)15-10-5-2-6-11-15/h1-6,8-11,16,26H,7,12-13,22H2/t16-/m0/s1. The third kappa shape index (κ3) is 2.28. The molecule has 0 bridgehead atoms. The van der Waals surface area contributed by atoms with Gasteiger partial charge in [0.25, 0.3) is 10.9 Å². The molecule has 5 nitrogen and oxygen atoms in total. The first-order valence-corrected chi connectivity index (χ1v) is 8.74. The van der Waals surface area contributed by atoms with Crippen LogP contribution in [-0.2, 0) is 5.60 Å². The van der Waals surface area contributed by atoms with E-state index in [2.05, 4.69) is 0 Å². The first-order valence-electron chi connectivity index (χ1n) is 8.74. The lowest BCUT2D eigenvalue weighted by atomic mass is 9.79. The minimum atomic E-state index is -1.31.